The van der Waals surface area contributed by atoms with Gasteiger partial charge in [0.2, 0.25) is 5.95 Å². The Kier molecular flexibility index (Phi) is 4.82. The van der Waals surface area contributed by atoms with Crippen molar-refractivity contribution in [2.45, 2.75) is 0 Å². The van der Waals surface area contributed by atoms with E-state index in [9.17, 15) is 0 Å². The van der Waals surface area contributed by atoms with Crippen LogP contribution < -0.4 is 15.0 Å². The second-order valence-corrected chi connectivity index (χ2v) is 5.54. The van der Waals surface area contributed by atoms with Gasteiger partial charge in [0.25, 0.3) is 0 Å². The molecule has 0 aliphatic rings. The maximum absolute atomic E-state index is 6.06. The molecule has 2 aromatic carbocycles. The molecule has 0 saturated heterocycles. The minimum atomic E-state index is 0.468. The molecule has 24 heavy (non-hydrogen) atoms. The van der Waals surface area contributed by atoms with Gasteiger partial charge in [0.15, 0.2) is 0 Å². The molecule has 0 bridgehead atoms. The summed E-state index contributed by atoms with van der Waals surface area (Å²) in [6, 6.07) is 17.2. The minimum Gasteiger partial charge on any atom is -0.495 e. The SMILES string of the molecule is COc1ccc(Cl)cc1Nc1nccc(N(C)c2ccccc2)n1. The zero-order valence-electron chi connectivity index (χ0n) is 13.4. The average molecular weight is 341 g/mol. The van der Waals surface area contributed by atoms with E-state index in [-0.39, 0.29) is 0 Å². The molecule has 3 rings (SSSR count). The standard InChI is InChI=1S/C18H17ClN4O/c1-23(14-6-4-3-5-7-14)17-10-11-20-18(22-17)21-15-12-13(19)8-9-16(15)24-2/h3-12H,1-2H3,(H,20,21,22). The molecule has 6 heteroatoms. The highest BCUT2D eigenvalue weighted by Gasteiger charge is 2.09. The fourth-order valence-electron chi connectivity index (χ4n) is 2.28. The normalized spacial score (nSPS) is 10.3. The van der Waals surface area contributed by atoms with Crippen LogP contribution in [-0.4, -0.2) is 24.1 Å². The lowest BCUT2D eigenvalue weighted by Crippen LogP contribution is -2.12. The van der Waals surface area contributed by atoms with Crippen LogP contribution in [0.1, 0.15) is 0 Å². The topological polar surface area (TPSA) is 50.3 Å². The van der Waals surface area contributed by atoms with E-state index in [0.29, 0.717) is 22.4 Å². The highest BCUT2D eigenvalue weighted by atomic mass is 35.5. The number of nitrogens with zero attached hydrogens (tertiary/aromatic N) is 3. The van der Waals surface area contributed by atoms with E-state index in [4.69, 9.17) is 16.3 Å². The predicted octanol–water partition coefficient (Wildman–Crippen LogP) is 4.65. The van der Waals surface area contributed by atoms with E-state index >= 15 is 0 Å². The lowest BCUT2D eigenvalue weighted by molar-refractivity contribution is 0.417. The Hall–Kier alpha value is -2.79. The highest BCUT2D eigenvalue weighted by molar-refractivity contribution is 6.31. The quantitative estimate of drug-likeness (QED) is 0.732. The molecule has 0 saturated carbocycles. The van der Waals surface area contributed by atoms with Gasteiger partial charge >= 0.3 is 0 Å². The molecule has 0 aliphatic carbocycles. The molecule has 1 heterocycles. The number of nitrogens with one attached hydrogen (secondary N) is 1. The van der Waals surface area contributed by atoms with E-state index < -0.39 is 0 Å². The number of halogens is 1. The number of aromatic nitrogens is 2. The van der Waals surface area contributed by atoms with Crippen molar-refractivity contribution in [1.82, 2.24) is 9.97 Å². The molecule has 0 unspecified atom stereocenters. The van der Waals surface area contributed by atoms with Gasteiger partial charge < -0.3 is 15.0 Å². The van der Waals surface area contributed by atoms with Gasteiger partial charge in [0, 0.05) is 24.0 Å². The van der Waals surface area contributed by atoms with Crippen molar-refractivity contribution < 1.29 is 4.74 Å². The van der Waals surface area contributed by atoms with Crippen molar-refractivity contribution in [2.75, 3.05) is 24.4 Å². The lowest BCUT2D eigenvalue weighted by Gasteiger charge is -2.19. The van der Waals surface area contributed by atoms with Crippen LogP contribution in [0.3, 0.4) is 0 Å². The molecule has 1 N–H and O–H groups in total. The Balaban J connectivity index is 1.87. The number of hydrogen-bond donors (Lipinski definition) is 1. The summed E-state index contributed by atoms with van der Waals surface area (Å²) < 4.78 is 5.33. The van der Waals surface area contributed by atoms with Crippen LogP contribution in [0.25, 0.3) is 0 Å². The smallest absolute Gasteiger partial charge is 0.229 e. The summed E-state index contributed by atoms with van der Waals surface area (Å²) in [5, 5.41) is 3.76. The number of rotatable bonds is 5. The zero-order valence-corrected chi connectivity index (χ0v) is 14.2. The third-order valence-electron chi connectivity index (χ3n) is 3.54. The Labute approximate surface area is 145 Å². The van der Waals surface area contributed by atoms with Crippen molar-refractivity contribution in [2.24, 2.45) is 0 Å². The molecule has 122 valence electrons. The Morgan fingerprint density at radius 1 is 1.08 bits per heavy atom. The van der Waals surface area contributed by atoms with Gasteiger partial charge in [-0.2, -0.15) is 4.98 Å². The molecule has 0 radical (unpaired) electrons. The number of para-hydroxylation sites is 1. The molecule has 0 fully saturated rings. The first-order valence-electron chi connectivity index (χ1n) is 7.40. The molecule has 1 aromatic heterocycles. The summed E-state index contributed by atoms with van der Waals surface area (Å²) >= 11 is 6.06. The Morgan fingerprint density at radius 2 is 1.88 bits per heavy atom. The monoisotopic (exact) mass is 340 g/mol. The van der Waals surface area contributed by atoms with E-state index in [0.717, 1.165) is 11.5 Å². The van der Waals surface area contributed by atoms with Crippen molar-refractivity contribution in [3.05, 3.63) is 65.8 Å². The number of ether oxygens (including phenoxy) is 1. The first-order chi connectivity index (χ1) is 11.7. The molecule has 0 amide bonds. The van der Waals surface area contributed by atoms with Crippen LogP contribution in [0.5, 0.6) is 5.75 Å². The van der Waals surface area contributed by atoms with Gasteiger partial charge in [-0.3, -0.25) is 0 Å². The zero-order chi connectivity index (χ0) is 16.9. The molecule has 0 spiro atoms. The first-order valence-corrected chi connectivity index (χ1v) is 7.77. The molecule has 3 aromatic rings. The van der Waals surface area contributed by atoms with Crippen molar-refractivity contribution >= 4 is 34.7 Å². The predicted molar refractivity (Wildman–Crippen MR) is 97.8 cm³/mol. The summed E-state index contributed by atoms with van der Waals surface area (Å²) in [5.74, 6) is 1.92. The largest absolute Gasteiger partial charge is 0.495 e. The van der Waals surface area contributed by atoms with Gasteiger partial charge in [-0.15, -0.1) is 0 Å². The fourth-order valence-corrected chi connectivity index (χ4v) is 2.45. The number of hydrogen-bond acceptors (Lipinski definition) is 5. The summed E-state index contributed by atoms with van der Waals surface area (Å²) in [7, 11) is 3.57. The third-order valence-corrected chi connectivity index (χ3v) is 3.77. The Bertz CT molecular complexity index is 826. The second kappa shape index (κ2) is 7.19. The van der Waals surface area contributed by atoms with Crippen LogP contribution in [0, 0.1) is 0 Å². The lowest BCUT2D eigenvalue weighted by atomic mass is 10.3. The van der Waals surface area contributed by atoms with Gasteiger partial charge in [0.1, 0.15) is 11.6 Å². The van der Waals surface area contributed by atoms with Crippen molar-refractivity contribution in [1.29, 1.82) is 0 Å². The van der Waals surface area contributed by atoms with Crippen LogP contribution in [0.4, 0.5) is 23.1 Å². The van der Waals surface area contributed by atoms with Crippen LogP contribution >= 0.6 is 11.6 Å². The first kappa shape index (κ1) is 16.1. The molecule has 5 nitrogen and oxygen atoms in total. The number of anilines is 4. The van der Waals surface area contributed by atoms with Gasteiger partial charge in [0.05, 0.1) is 12.8 Å². The van der Waals surface area contributed by atoms with E-state index in [2.05, 4.69) is 15.3 Å². The van der Waals surface area contributed by atoms with Gasteiger partial charge in [-0.05, 0) is 36.4 Å². The fraction of sp³-hybridized carbons (Fsp3) is 0.111. The average Bonchev–Trinajstić information content (AvgIpc) is 2.62. The van der Waals surface area contributed by atoms with E-state index in [1.54, 1.807) is 31.5 Å². The molecular weight excluding hydrogens is 324 g/mol. The third kappa shape index (κ3) is 3.58. The van der Waals surface area contributed by atoms with Crippen molar-refractivity contribution in [3.63, 3.8) is 0 Å². The second-order valence-electron chi connectivity index (χ2n) is 5.10. The minimum absolute atomic E-state index is 0.468. The molecule has 0 atom stereocenters. The number of methoxy groups -OCH3 is 1. The van der Waals surface area contributed by atoms with Crippen LogP contribution in [-0.2, 0) is 0 Å². The Morgan fingerprint density at radius 3 is 2.62 bits per heavy atom. The highest BCUT2D eigenvalue weighted by Crippen LogP contribution is 2.30. The van der Waals surface area contributed by atoms with Gasteiger partial charge in [-0.1, -0.05) is 29.8 Å². The molecule has 0 aliphatic heterocycles. The summed E-state index contributed by atoms with van der Waals surface area (Å²) in [6.07, 6.45) is 1.71. The summed E-state index contributed by atoms with van der Waals surface area (Å²) in [5.41, 5.74) is 1.76. The van der Waals surface area contributed by atoms with Gasteiger partial charge in [-0.25, -0.2) is 4.98 Å². The maximum atomic E-state index is 6.06. The molecular formula is C18H17ClN4O. The van der Waals surface area contributed by atoms with E-state index in [1.165, 1.54) is 0 Å². The number of benzene rings is 2. The van der Waals surface area contributed by atoms with Crippen LogP contribution in [0.2, 0.25) is 5.02 Å². The van der Waals surface area contributed by atoms with E-state index in [1.807, 2.05) is 48.3 Å². The summed E-state index contributed by atoms with van der Waals surface area (Å²) in [4.78, 5) is 10.8. The maximum Gasteiger partial charge on any atom is 0.229 e. The van der Waals surface area contributed by atoms with Crippen LogP contribution in [0.15, 0.2) is 60.8 Å². The summed E-state index contributed by atoms with van der Waals surface area (Å²) in [6.45, 7) is 0. The van der Waals surface area contributed by atoms with Crippen molar-refractivity contribution in [3.8, 4) is 5.75 Å².